The number of hydrogen-bond donors (Lipinski definition) is 1. The molecule has 1 aliphatic rings. The first-order valence-electron chi connectivity index (χ1n) is 8.07. The first kappa shape index (κ1) is 17.2. The van der Waals surface area contributed by atoms with Gasteiger partial charge in [0.1, 0.15) is 0 Å². The van der Waals surface area contributed by atoms with E-state index in [2.05, 4.69) is 40.8 Å². The summed E-state index contributed by atoms with van der Waals surface area (Å²) in [6.07, 6.45) is 8.31. The van der Waals surface area contributed by atoms with Gasteiger partial charge in [0.15, 0.2) is 8.32 Å². The molecule has 0 heterocycles. The van der Waals surface area contributed by atoms with Crippen molar-refractivity contribution in [2.45, 2.75) is 96.5 Å². The van der Waals surface area contributed by atoms with E-state index in [0.717, 1.165) is 12.3 Å². The second-order valence-electron chi connectivity index (χ2n) is 7.99. The van der Waals surface area contributed by atoms with E-state index in [0.29, 0.717) is 0 Å². The third kappa shape index (κ3) is 5.20. The third-order valence-electron chi connectivity index (χ3n) is 5.22. The molecule has 3 heteroatoms. The molecule has 114 valence electrons. The second kappa shape index (κ2) is 6.73. The van der Waals surface area contributed by atoms with Crippen molar-refractivity contribution >= 4 is 8.32 Å². The first-order chi connectivity index (χ1) is 8.63. The predicted octanol–water partition coefficient (Wildman–Crippen LogP) is 4.69. The summed E-state index contributed by atoms with van der Waals surface area (Å²) < 4.78 is 6.42. The van der Waals surface area contributed by atoms with E-state index < -0.39 is 8.32 Å². The van der Waals surface area contributed by atoms with Gasteiger partial charge in [-0.1, -0.05) is 52.9 Å². The number of hydrogen-bond acceptors (Lipinski definition) is 2. The van der Waals surface area contributed by atoms with Crippen molar-refractivity contribution in [3.05, 3.63) is 0 Å². The fourth-order valence-corrected chi connectivity index (χ4v) is 4.19. The molecule has 0 spiro atoms. The van der Waals surface area contributed by atoms with Crippen molar-refractivity contribution in [2.75, 3.05) is 0 Å². The fourth-order valence-electron chi connectivity index (χ4n) is 2.73. The number of nitrogens with two attached hydrogens (primary N) is 1. The minimum Gasteiger partial charge on any atom is -0.413 e. The molecule has 0 amide bonds. The van der Waals surface area contributed by atoms with Gasteiger partial charge in [0.05, 0.1) is 6.10 Å². The highest BCUT2D eigenvalue weighted by Crippen LogP contribution is 2.38. The lowest BCUT2D eigenvalue weighted by Gasteiger charge is -2.40. The Hall–Kier alpha value is 0.137. The van der Waals surface area contributed by atoms with E-state index in [1.54, 1.807) is 0 Å². The molecule has 0 aromatic heterocycles. The predicted molar refractivity (Wildman–Crippen MR) is 86.9 cm³/mol. The lowest BCUT2D eigenvalue weighted by atomic mass is 9.84. The molecule has 0 aliphatic heterocycles. The molecule has 0 unspecified atom stereocenters. The molecule has 19 heavy (non-hydrogen) atoms. The largest absolute Gasteiger partial charge is 0.413 e. The summed E-state index contributed by atoms with van der Waals surface area (Å²) in [6, 6.07) is 0.206. The van der Waals surface area contributed by atoms with Crippen molar-refractivity contribution in [1.29, 1.82) is 0 Å². The van der Waals surface area contributed by atoms with Crippen LogP contribution >= 0.6 is 0 Å². The summed E-state index contributed by atoms with van der Waals surface area (Å²) in [5.41, 5.74) is 6.40. The Bertz CT molecular complexity index is 266. The van der Waals surface area contributed by atoms with Crippen LogP contribution < -0.4 is 5.73 Å². The summed E-state index contributed by atoms with van der Waals surface area (Å²) in [5.74, 6) is 0.842. The third-order valence-corrected chi connectivity index (χ3v) is 9.79. The Labute approximate surface area is 121 Å². The highest BCUT2D eigenvalue weighted by Gasteiger charge is 2.39. The highest BCUT2D eigenvalue weighted by atomic mass is 28.4. The molecule has 0 radical (unpaired) electrons. The lowest BCUT2D eigenvalue weighted by molar-refractivity contribution is 0.150. The van der Waals surface area contributed by atoms with E-state index in [1.165, 1.54) is 32.1 Å². The standard InChI is InChI=1S/C16H35NOSi/c1-13(18-19(5,6)16(2,3)4)15(17)12-14-10-8-7-9-11-14/h13-15H,7-12,17H2,1-6H3/t13-,15+/m0/s1. The molecule has 0 bridgehead atoms. The average molecular weight is 286 g/mol. The van der Waals surface area contributed by atoms with E-state index in [1.807, 2.05) is 0 Å². The molecular weight excluding hydrogens is 250 g/mol. The molecule has 0 saturated heterocycles. The monoisotopic (exact) mass is 285 g/mol. The molecule has 0 aromatic rings. The van der Waals surface area contributed by atoms with Crippen LogP contribution in [0.4, 0.5) is 0 Å². The van der Waals surface area contributed by atoms with Crippen molar-refractivity contribution in [2.24, 2.45) is 11.7 Å². The smallest absolute Gasteiger partial charge is 0.192 e. The second-order valence-corrected chi connectivity index (χ2v) is 12.7. The van der Waals surface area contributed by atoms with Gasteiger partial charge >= 0.3 is 0 Å². The molecule has 2 atom stereocenters. The van der Waals surface area contributed by atoms with Crippen LogP contribution in [0.15, 0.2) is 0 Å². The van der Waals surface area contributed by atoms with Crippen LogP contribution in [-0.2, 0) is 4.43 Å². The zero-order valence-electron chi connectivity index (χ0n) is 14.0. The van der Waals surface area contributed by atoms with Gasteiger partial charge < -0.3 is 10.2 Å². The summed E-state index contributed by atoms with van der Waals surface area (Å²) >= 11 is 0. The topological polar surface area (TPSA) is 35.2 Å². The van der Waals surface area contributed by atoms with E-state index in [4.69, 9.17) is 10.2 Å². The lowest BCUT2D eigenvalue weighted by Crippen LogP contribution is -2.48. The van der Waals surface area contributed by atoms with Crippen molar-refractivity contribution < 1.29 is 4.43 Å². The van der Waals surface area contributed by atoms with Crippen LogP contribution in [0.2, 0.25) is 18.1 Å². The van der Waals surface area contributed by atoms with Gasteiger partial charge in [-0.3, -0.25) is 0 Å². The van der Waals surface area contributed by atoms with E-state index >= 15 is 0 Å². The molecule has 2 N–H and O–H groups in total. The van der Waals surface area contributed by atoms with Gasteiger partial charge in [0.25, 0.3) is 0 Å². The Morgan fingerprint density at radius 3 is 2.16 bits per heavy atom. The Morgan fingerprint density at radius 1 is 1.16 bits per heavy atom. The zero-order valence-corrected chi connectivity index (χ0v) is 15.0. The quantitative estimate of drug-likeness (QED) is 0.743. The van der Waals surface area contributed by atoms with Crippen LogP contribution in [0, 0.1) is 5.92 Å². The van der Waals surface area contributed by atoms with Gasteiger partial charge in [0, 0.05) is 6.04 Å². The minimum atomic E-state index is -1.68. The van der Waals surface area contributed by atoms with E-state index in [9.17, 15) is 0 Å². The van der Waals surface area contributed by atoms with E-state index in [-0.39, 0.29) is 17.2 Å². The summed E-state index contributed by atoms with van der Waals surface area (Å²) in [6.45, 7) is 13.7. The summed E-state index contributed by atoms with van der Waals surface area (Å²) in [4.78, 5) is 0. The molecule has 1 fully saturated rings. The maximum atomic E-state index is 6.42. The van der Waals surface area contributed by atoms with Crippen molar-refractivity contribution in [3.8, 4) is 0 Å². The maximum absolute atomic E-state index is 6.42. The van der Waals surface area contributed by atoms with Gasteiger partial charge in [-0.15, -0.1) is 0 Å². The van der Waals surface area contributed by atoms with Gasteiger partial charge in [-0.05, 0) is 37.4 Å². The average Bonchev–Trinajstić information content (AvgIpc) is 2.28. The van der Waals surface area contributed by atoms with Gasteiger partial charge in [0.2, 0.25) is 0 Å². The van der Waals surface area contributed by atoms with Crippen LogP contribution in [0.25, 0.3) is 0 Å². The molecule has 2 nitrogen and oxygen atoms in total. The zero-order chi connectivity index (χ0) is 14.7. The summed E-state index contributed by atoms with van der Waals surface area (Å²) in [5, 5.41) is 0.270. The number of rotatable bonds is 5. The van der Waals surface area contributed by atoms with Gasteiger partial charge in [-0.2, -0.15) is 0 Å². The Morgan fingerprint density at radius 2 is 1.68 bits per heavy atom. The van der Waals surface area contributed by atoms with Crippen molar-refractivity contribution in [1.82, 2.24) is 0 Å². The summed E-state index contributed by atoms with van der Waals surface area (Å²) in [7, 11) is -1.68. The van der Waals surface area contributed by atoms with Crippen LogP contribution in [0.1, 0.15) is 66.2 Å². The van der Waals surface area contributed by atoms with Crippen LogP contribution in [0.5, 0.6) is 0 Å². The van der Waals surface area contributed by atoms with Crippen LogP contribution in [-0.4, -0.2) is 20.5 Å². The molecule has 1 aliphatic carbocycles. The van der Waals surface area contributed by atoms with Crippen LogP contribution in [0.3, 0.4) is 0 Å². The Balaban J connectivity index is 2.45. The SMILES string of the molecule is C[C@H](O[Si](C)(C)C(C)(C)C)[C@H](N)CC1CCCCC1. The minimum absolute atomic E-state index is 0.197. The molecular formula is C16H35NOSi. The molecule has 1 saturated carbocycles. The molecule has 1 rings (SSSR count). The van der Waals surface area contributed by atoms with Crippen molar-refractivity contribution in [3.63, 3.8) is 0 Å². The first-order valence-corrected chi connectivity index (χ1v) is 11.0. The normalized spacial score (nSPS) is 22.3. The molecule has 0 aromatic carbocycles. The maximum Gasteiger partial charge on any atom is 0.192 e. The van der Waals surface area contributed by atoms with Gasteiger partial charge in [-0.25, -0.2) is 0 Å². The highest BCUT2D eigenvalue weighted by molar-refractivity contribution is 6.74. The fraction of sp³-hybridized carbons (Fsp3) is 1.00. The Kier molecular flexibility index (Phi) is 6.09.